The third kappa shape index (κ3) is 3.94. The predicted molar refractivity (Wildman–Crippen MR) is 110 cm³/mol. The van der Waals surface area contributed by atoms with Gasteiger partial charge in [-0.15, -0.1) is 10.2 Å². The molecule has 3 aromatic rings. The molecular formula is C22H20N4O3. The first-order valence-electron chi connectivity index (χ1n) is 9.34. The van der Waals surface area contributed by atoms with Crippen LogP contribution in [-0.4, -0.2) is 35.7 Å². The lowest BCUT2D eigenvalue weighted by Crippen LogP contribution is -2.26. The van der Waals surface area contributed by atoms with Crippen LogP contribution in [0.2, 0.25) is 0 Å². The van der Waals surface area contributed by atoms with Crippen LogP contribution in [-0.2, 0) is 11.2 Å². The van der Waals surface area contributed by atoms with Crippen molar-refractivity contribution in [2.75, 3.05) is 23.9 Å². The Bertz CT molecular complexity index is 1050. The number of esters is 1. The summed E-state index contributed by atoms with van der Waals surface area (Å²) in [4.78, 5) is 26.3. The van der Waals surface area contributed by atoms with Crippen LogP contribution in [0.25, 0.3) is 0 Å². The molecule has 1 aliphatic heterocycles. The number of rotatable bonds is 4. The summed E-state index contributed by atoms with van der Waals surface area (Å²) in [5, 5.41) is 11.1. The normalized spacial score (nSPS) is 12.8. The highest BCUT2D eigenvalue weighted by Crippen LogP contribution is 2.31. The molecule has 7 nitrogen and oxygen atoms in total. The molecule has 146 valence electrons. The minimum Gasteiger partial charge on any atom is -0.465 e. The number of anilines is 3. The maximum absolute atomic E-state index is 12.5. The van der Waals surface area contributed by atoms with Crippen LogP contribution in [0, 0.1) is 0 Å². The van der Waals surface area contributed by atoms with Gasteiger partial charge in [0.2, 0.25) is 0 Å². The number of para-hydroxylation sites is 1. The fourth-order valence-electron chi connectivity index (χ4n) is 3.40. The number of ether oxygens (including phenoxy) is 1. The Balaban J connectivity index is 1.50. The first-order chi connectivity index (χ1) is 14.2. The van der Waals surface area contributed by atoms with Crippen molar-refractivity contribution in [3.8, 4) is 0 Å². The predicted octanol–water partition coefficient (Wildman–Crippen LogP) is 3.60. The zero-order valence-corrected chi connectivity index (χ0v) is 16.0. The highest BCUT2D eigenvalue weighted by molar-refractivity contribution is 6.03. The number of aromatic nitrogens is 2. The van der Waals surface area contributed by atoms with Crippen LogP contribution in [0.3, 0.4) is 0 Å². The van der Waals surface area contributed by atoms with Gasteiger partial charge >= 0.3 is 5.97 Å². The van der Waals surface area contributed by atoms with Crippen molar-refractivity contribution in [2.24, 2.45) is 0 Å². The Hall–Kier alpha value is -3.74. The summed E-state index contributed by atoms with van der Waals surface area (Å²) >= 11 is 0. The van der Waals surface area contributed by atoms with Gasteiger partial charge in [0, 0.05) is 17.9 Å². The molecule has 0 bridgehead atoms. The van der Waals surface area contributed by atoms with Gasteiger partial charge < -0.3 is 15.0 Å². The van der Waals surface area contributed by atoms with E-state index in [0.717, 1.165) is 25.1 Å². The summed E-state index contributed by atoms with van der Waals surface area (Å²) in [6, 6.07) is 18.2. The van der Waals surface area contributed by atoms with Crippen LogP contribution >= 0.6 is 0 Å². The fourth-order valence-corrected chi connectivity index (χ4v) is 3.40. The quantitative estimate of drug-likeness (QED) is 0.688. The Kier molecular flexibility index (Phi) is 5.20. The molecule has 4 rings (SSSR count). The lowest BCUT2D eigenvalue weighted by Gasteiger charge is -2.29. The molecule has 0 spiro atoms. The van der Waals surface area contributed by atoms with E-state index in [1.807, 2.05) is 12.1 Å². The topological polar surface area (TPSA) is 84.4 Å². The molecule has 0 saturated carbocycles. The number of benzene rings is 2. The molecule has 2 heterocycles. The van der Waals surface area contributed by atoms with Crippen molar-refractivity contribution < 1.29 is 14.3 Å². The van der Waals surface area contributed by atoms with Gasteiger partial charge in [-0.05, 0) is 54.8 Å². The Labute approximate surface area is 168 Å². The van der Waals surface area contributed by atoms with Gasteiger partial charge in [-0.2, -0.15) is 0 Å². The number of fused-ring (bicyclic) bond motifs is 1. The average Bonchev–Trinajstić information content (AvgIpc) is 2.78. The van der Waals surface area contributed by atoms with Gasteiger partial charge in [0.05, 0.1) is 12.7 Å². The molecule has 2 aromatic carbocycles. The van der Waals surface area contributed by atoms with E-state index in [4.69, 9.17) is 4.74 Å². The second-order valence-corrected chi connectivity index (χ2v) is 6.69. The molecule has 0 radical (unpaired) electrons. The van der Waals surface area contributed by atoms with Gasteiger partial charge in [-0.25, -0.2) is 4.79 Å². The second kappa shape index (κ2) is 8.10. The van der Waals surface area contributed by atoms with Gasteiger partial charge in [0.15, 0.2) is 11.5 Å². The van der Waals surface area contributed by atoms with Crippen molar-refractivity contribution in [3.63, 3.8) is 0 Å². The summed E-state index contributed by atoms with van der Waals surface area (Å²) in [7, 11) is 1.31. The number of carbonyl (C=O) groups excluding carboxylic acids is 2. The number of aryl methyl sites for hydroxylation is 1. The summed E-state index contributed by atoms with van der Waals surface area (Å²) in [5.74, 6) is -0.154. The van der Waals surface area contributed by atoms with E-state index in [-0.39, 0.29) is 5.69 Å². The second-order valence-electron chi connectivity index (χ2n) is 6.69. The van der Waals surface area contributed by atoms with Crippen LogP contribution in [0.15, 0.2) is 60.7 Å². The number of amides is 1. The molecule has 0 atom stereocenters. The monoisotopic (exact) mass is 388 g/mol. The number of nitrogens with one attached hydrogen (secondary N) is 1. The van der Waals surface area contributed by atoms with E-state index >= 15 is 0 Å². The van der Waals surface area contributed by atoms with E-state index < -0.39 is 11.9 Å². The van der Waals surface area contributed by atoms with E-state index in [1.54, 1.807) is 36.4 Å². The SMILES string of the molecule is COC(=O)c1cccc(NC(=O)c2ccc(N3CCCc4ccccc43)nn2)c1. The lowest BCUT2D eigenvalue weighted by atomic mass is 10.0. The summed E-state index contributed by atoms with van der Waals surface area (Å²) in [6.07, 6.45) is 2.09. The number of hydrogen-bond donors (Lipinski definition) is 1. The van der Waals surface area contributed by atoms with Crippen LogP contribution < -0.4 is 10.2 Å². The van der Waals surface area contributed by atoms with E-state index in [0.29, 0.717) is 17.1 Å². The molecule has 1 N–H and O–H groups in total. The van der Waals surface area contributed by atoms with Crippen molar-refractivity contribution in [1.29, 1.82) is 0 Å². The number of nitrogens with zero attached hydrogens (tertiary/aromatic N) is 3. The molecule has 0 unspecified atom stereocenters. The average molecular weight is 388 g/mol. The fraction of sp³-hybridized carbons (Fsp3) is 0.182. The number of hydrogen-bond acceptors (Lipinski definition) is 6. The van der Waals surface area contributed by atoms with Crippen LogP contribution in [0.1, 0.15) is 32.8 Å². The van der Waals surface area contributed by atoms with E-state index in [9.17, 15) is 9.59 Å². The zero-order chi connectivity index (χ0) is 20.2. The molecule has 7 heteroatoms. The minimum absolute atomic E-state index is 0.197. The number of carbonyl (C=O) groups is 2. The third-order valence-electron chi connectivity index (χ3n) is 4.81. The van der Waals surface area contributed by atoms with Crippen molar-refractivity contribution >= 4 is 29.1 Å². The molecule has 0 fully saturated rings. The molecule has 29 heavy (non-hydrogen) atoms. The first-order valence-corrected chi connectivity index (χ1v) is 9.34. The van der Waals surface area contributed by atoms with Gasteiger partial charge in [-0.3, -0.25) is 4.79 Å². The van der Waals surface area contributed by atoms with E-state index in [1.165, 1.54) is 12.7 Å². The summed E-state index contributed by atoms with van der Waals surface area (Å²) in [6.45, 7) is 0.859. The molecular weight excluding hydrogens is 368 g/mol. The van der Waals surface area contributed by atoms with Gasteiger partial charge in [0.25, 0.3) is 5.91 Å². The maximum atomic E-state index is 12.5. The highest BCUT2D eigenvalue weighted by atomic mass is 16.5. The minimum atomic E-state index is -0.466. The molecule has 1 aromatic heterocycles. The smallest absolute Gasteiger partial charge is 0.337 e. The molecule has 0 saturated heterocycles. The number of methoxy groups -OCH3 is 1. The highest BCUT2D eigenvalue weighted by Gasteiger charge is 2.19. The molecule has 1 aliphatic rings. The van der Waals surface area contributed by atoms with Crippen molar-refractivity contribution in [3.05, 3.63) is 77.5 Å². The Morgan fingerprint density at radius 3 is 2.69 bits per heavy atom. The van der Waals surface area contributed by atoms with Crippen molar-refractivity contribution in [1.82, 2.24) is 10.2 Å². The van der Waals surface area contributed by atoms with Crippen molar-refractivity contribution in [2.45, 2.75) is 12.8 Å². The summed E-state index contributed by atoms with van der Waals surface area (Å²) in [5.41, 5.74) is 3.45. The molecule has 0 aliphatic carbocycles. The van der Waals surface area contributed by atoms with Crippen LogP contribution in [0.5, 0.6) is 0 Å². The Morgan fingerprint density at radius 1 is 1.03 bits per heavy atom. The Morgan fingerprint density at radius 2 is 1.90 bits per heavy atom. The van der Waals surface area contributed by atoms with Crippen LogP contribution in [0.4, 0.5) is 17.2 Å². The van der Waals surface area contributed by atoms with E-state index in [2.05, 4.69) is 32.5 Å². The lowest BCUT2D eigenvalue weighted by molar-refractivity contribution is 0.0600. The molecule has 1 amide bonds. The summed E-state index contributed by atoms with van der Waals surface area (Å²) < 4.78 is 4.70. The van der Waals surface area contributed by atoms with Gasteiger partial charge in [-0.1, -0.05) is 24.3 Å². The third-order valence-corrected chi connectivity index (χ3v) is 4.81. The largest absolute Gasteiger partial charge is 0.465 e. The standard InChI is InChI=1S/C22H20N4O3/c1-29-22(28)16-7-4-9-17(14-16)23-21(27)18-11-12-20(25-24-18)26-13-5-8-15-6-2-3-10-19(15)26/h2-4,6-7,9-12,14H,5,8,13H2,1H3,(H,23,27). The van der Waals surface area contributed by atoms with Gasteiger partial charge in [0.1, 0.15) is 0 Å². The maximum Gasteiger partial charge on any atom is 0.337 e. The first kappa shape index (κ1) is 18.6. The zero-order valence-electron chi connectivity index (χ0n) is 16.0.